The van der Waals surface area contributed by atoms with Gasteiger partial charge in [-0.05, 0) is 30.7 Å². The number of aryl methyl sites for hydroxylation is 1. The second kappa shape index (κ2) is 7.26. The summed E-state index contributed by atoms with van der Waals surface area (Å²) in [4.78, 5) is 13.1. The zero-order valence-electron chi connectivity index (χ0n) is 14.4. The normalized spacial score (nSPS) is 12.5. The molecule has 0 unspecified atom stereocenters. The lowest BCUT2D eigenvalue weighted by molar-refractivity contribution is 0.171. The average molecular weight is 349 g/mol. The predicted molar refractivity (Wildman–Crippen MR) is 99.0 cm³/mol. The van der Waals surface area contributed by atoms with E-state index in [-0.39, 0.29) is 0 Å². The summed E-state index contributed by atoms with van der Waals surface area (Å²) < 4.78 is 11.2. The van der Waals surface area contributed by atoms with Crippen LogP contribution in [0.3, 0.4) is 0 Å². The van der Waals surface area contributed by atoms with E-state index in [2.05, 4.69) is 25.6 Å². The average Bonchev–Trinajstić information content (AvgIpc) is 2.67. The molecule has 0 fully saturated rings. The van der Waals surface area contributed by atoms with E-state index < -0.39 is 0 Å². The number of hydrogen-bond acceptors (Lipinski definition) is 7. The summed E-state index contributed by atoms with van der Waals surface area (Å²) in [5.41, 5.74) is 2.80. The lowest BCUT2D eigenvalue weighted by atomic mass is 10.2. The third-order valence-corrected chi connectivity index (χ3v) is 3.85. The van der Waals surface area contributed by atoms with Gasteiger partial charge >= 0.3 is 0 Å². The largest absolute Gasteiger partial charge is 0.486 e. The third kappa shape index (κ3) is 3.83. The second-order valence-corrected chi connectivity index (χ2v) is 5.92. The van der Waals surface area contributed by atoms with Gasteiger partial charge in [-0.25, -0.2) is 4.98 Å². The number of aromatic nitrogens is 3. The number of benzene rings is 1. The third-order valence-electron chi connectivity index (χ3n) is 3.85. The lowest BCUT2D eigenvalue weighted by Crippen LogP contribution is -2.15. The van der Waals surface area contributed by atoms with Gasteiger partial charge in [0.1, 0.15) is 19.0 Å². The Morgan fingerprint density at radius 3 is 2.77 bits per heavy atom. The van der Waals surface area contributed by atoms with Crippen molar-refractivity contribution in [3.8, 4) is 11.5 Å². The highest BCUT2D eigenvalue weighted by Gasteiger charge is 2.12. The first-order valence-electron chi connectivity index (χ1n) is 8.41. The summed E-state index contributed by atoms with van der Waals surface area (Å²) in [6.07, 6.45) is 3.59. The van der Waals surface area contributed by atoms with Crippen LogP contribution in [0.25, 0.3) is 0 Å². The molecule has 0 atom stereocenters. The Hall–Kier alpha value is -3.35. The fraction of sp³-hybridized carbons (Fsp3) is 0.211. The van der Waals surface area contributed by atoms with Crippen LogP contribution in [0.4, 0.5) is 17.5 Å². The molecule has 0 radical (unpaired) electrons. The molecule has 0 aliphatic carbocycles. The highest BCUT2D eigenvalue weighted by atomic mass is 16.6. The Bertz CT molecular complexity index is 902. The number of nitrogens with one attached hydrogen (secondary N) is 2. The number of pyridine rings is 1. The molecule has 1 aliphatic rings. The SMILES string of the molecule is Cc1cc(NCc2cccnc2)nc(Nc2ccc3c(c2)OCCO3)n1. The van der Waals surface area contributed by atoms with Crippen molar-refractivity contribution in [2.75, 3.05) is 23.8 Å². The summed E-state index contributed by atoms with van der Waals surface area (Å²) >= 11 is 0. The Labute approximate surface area is 151 Å². The second-order valence-electron chi connectivity index (χ2n) is 5.92. The van der Waals surface area contributed by atoms with E-state index in [1.807, 2.05) is 49.5 Å². The van der Waals surface area contributed by atoms with E-state index in [9.17, 15) is 0 Å². The van der Waals surface area contributed by atoms with Crippen LogP contribution >= 0.6 is 0 Å². The molecule has 7 heteroatoms. The van der Waals surface area contributed by atoms with Crippen LogP contribution in [-0.4, -0.2) is 28.2 Å². The monoisotopic (exact) mass is 349 g/mol. The van der Waals surface area contributed by atoms with E-state index in [0.717, 1.165) is 34.3 Å². The minimum absolute atomic E-state index is 0.523. The molecule has 0 saturated heterocycles. The number of fused-ring (bicyclic) bond motifs is 1. The van der Waals surface area contributed by atoms with Crippen LogP contribution in [0.5, 0.6) is 11.5 Å². The first-order valence-corrected chi connectivity index (χ1v) is 8.41. The molecule has 0 bridgehead atoms. The molecule has 2 aromatic heterocycles. The summed E-state index contributed by atoms with van der Waals surface area (Å²) in [6.45, 7) is 3.71. The van der Waals surface area contributed by atoms with Crippen molar-refractivity contribution in [3.05, 3.63) is 60.0 Å². The maximum Gasteiger partial charge on any atom is 0.229 e. The van der Waals surface area contributed by atoms with Crippen molar-refractivity contribution in [1.29, 1.82) is 0 Å². The van der Waals surface area contributed by atoms with Crippen molar-refractivity contribution in [2.45, 2.75) is 13.5 Å². The summed E-state index contributed by atoms with van der Waals surface area (Å²) in [7, 11) is 0. The molecule has 0 saturated carbocycles. The maximum absolute atomic E-state index is 5.61. The van der Waals surface area contributed by atoms with Gasteiger partial charge in [0, 0.05) is 42.5 Å². The molecule has 0 spiro atoms. The molecule has 2 N–H and O–H groups in total. The molecule has 1 aliphatic heterocycles. The standard InChI is InChI=1S/C19H19N5O2/c1-13-9-18(21-12-14-3-2-6-20-11-14)24-19(22-13)23-15-4-5-16-17(10-15)26-8-7-25-16/h2-6,9-11H,7-8,12H2,1H3,(H2,21,22,23,24). The zero-order chi connectivity index (χ0) is 17.8. The molecule has 3 aromatic rings. The van der Waals surface area contributed by atoms with E-state index >= 15 is 0 Å². The van der Waals surface area contributed by atoms with Gasteiger partial charge in [0.05, 0.1) is 0 Å². The van der Waals surface area contributed by atoms with Crippen molar-refractivity contribution >= 4 is 17.5 Å². The Morgan fingerprint density at radius 1 is 1.04 bits per heavy atom. The topological polar surface area (TPSA) is 81.2 Å². The van der Waals surface area contributed by atoms with E-state index in [1.54, 1.807) is 6.20 Å². The van der Waals surface area contributed by atoms with Crippen LogP contribution in [0.2, 0.25) is 0 Å². The fourth-order valence-corrected chi connectivity index (χ4v) is 2.66. The quantitative estimate of drug-likeness (QED) is 0.731. The van der Waals surface area contributed by atoms with Crippen molar-refractivity contribution in [2.24, 2.45) is 0 Å². The van der Waals surface area contributed by atoms with Gasteiger partial charge in [-0.2, -0.15) is 4.98 Å². The van der Waals surface area contributed by atoms with Crippen molar-refractivity contribution < 1.29 is 9.47 Å². The highest BCUT2D eigenvalue weighted by Crippen LogP contribution is 2.33. The fourth-order valence-electron chi connectivity index (χ4n) is 2.66. The van der Waals surface area contributed by atoms with Gasteiger partial charge in [0.25, 0.3) is 0 Å². The number of nitrogens with zero attached hydrogens (tertiary/aromatic N) is 3. The molecule has 7 nitrogen and oxygen atoms in total. The van der Waals surface area contributed by atoms with E-state index in [1.165, 1.54) is 0 Å². The van der Waals surface area contributed by atoms with E-state index in [0.29, 0.717) is 25.7 Å². The van der Waals surface area contributed by atoms with Gasteiger partial charge in [-0.1, -0.05) is 6.07 Å². The summed E-state index contributed by atoms with van der Waals surface area (Å²) in [6, 6.07) is 11.5. The summed E-state index contributed by atoms with van der Waals surface area (Å²) in [5, 5.41) is 6.53. The predicted octanol–water partition coefficient (Wildman–Crippen LogP) is 3.31. The molecule has 1 aromatic carbocycles. The van der Waals surface area contributed by atoms with Gasteiger partial charge < -0.3 is 20.1 Å². The Balaban J connectivity index is 1.49. The first kappa shape index (κ1) is 16.1. The van der Waals surface area contributed by atoms with Gasteiger partial charge in [0.15, 0.2) is 11.5 Å². The zero-order valence-corrected chi connectivity index (χ0v) is 14.4. The molecule has 0 amide bonds. The number of rotatable bonds is 5. The minimum Gasteiger partial charge on any atom is -0.486 e. The summed E-state index contributed by atoms with van der Waals surface area (Å²) in [5.74, 6) is 2.76. The Morgan fingerprint density at radius 2 is 1.92 bits per heavy atom. The van der Waals surface area contributed by atoms with Crippen LogP contribution in [0.1, 0.15) is 11.3 Å². The molecular formula is C19H19N5O2. The maximum atomic E-state index is 5.61. The van der Waals surface area contributed by atoms with Crippen molar-refractivity contribution in [1.82, 2.24) is 15.0 Å². The van der Waals surface area contributed by atoms with Gasteiger partial charge in [-0.3, -0.25) is 4.98 Å². The number of hydrogen-bond donors (Lipinski definition) is 2. The van der Waals surface area contributed by atoms with E-state index in [4.69, 9.17) is 9.47 Å². The highest BCUT2D eigenvalue weighted by molar-refractivity contribution is 5.61. The number of ether oxygens (including phenoxy) is 2. The molecule has 132 valence electrons. The van der Waals surface area contributed by atoms with Crippen molar-refractivity contribution in [3.63, 3.8) is 0 Å². The Kier molecular flexibility index (Phi) is 4.51. The number of anilines is 3. The minimum atomic E-state index is 0.523. The molecular weight excluding hydrogens is 330 g/mol. The van der Waals surface area contributed by atoms with Crippen LogP contribution in [0, 0.1) is 6.92 Å². The van der Waals surface area contributed by atoms with Crippen LogP contribution in [-0.2, 0) is 6.54 Å². The molecule has 4 rings (SSSR count). The molecule has 26 heavy (non-hydrogen) atoms. The lowest BCUT2D eigenvalue weighted by Gasteiger charge is -2.19. The smallest absolute Gasteiger partial charge is 0.229 e. The van der Waals surface area contributed by atoms with Crippen LogP contribution in [0.15, 0.2) is 48.8 Å². The van der Waals surface area contributed by atoms with Crippen LogP contribution < -0.4 is 20.1 Å². The molecule has 3 heterocycles. The first-order chi connectivity index (χ1) is 12.8. The van der Waals surface area contributed by atoms with Gasteiger partial charge in [-0.15, -0.1) is 0 Å². The van der Waals surface area contributed by atoms with Gasteiger partial charge in [0.2, 0.25) is 5.95 Å².